The second-order valence-corrected chi connectivity index (χ2v) is 9.19. The number of hydrogen-bond acceptors (Lipinski definition) is 4. The molecule has 0 bridgehead atoms. The van der Waals surface area contributed by atoms with E-state index in [-0.39, 0.29) is 41.9 Å². The van der Waals surface area contributed by atoms with Crippen molar-refractivity contribution >= 4 is 39.8 Å². The lowest BCUT2D eigenvalue weighted by Crippen LogP contribution is -2.43. The highest BCUT2D eigenvalue weighted by Gasteiger charge is 2.29. The fourth-order valence-corrected chi connectivity index (χ4v) is 3.84. The van der Waals surface area contributed by atoms with Crippen molar-refractivity contribution in [2.45, 2.75) is 38.8 Å². The van der Waals surface area contributed by atoms with Crippen LogP contribution in [0.5, 0.6) is 0 Å². The van der Waals surface area contributed by atoms with Gasteiger partial charge in [0.05, 0.1) is 11.9 Å². The maximum Gasteiger partial charge on any atom is 0.191 e. The number of rotatable bonds is 8. The zero-order valence-corrected chi connectivity index (χ0v) is 19.5. The van der Waals surface area contributed by atoms with Gasteiger partial charge in [-0.25, -0.2) is 8.42 Å². The molecule has 0 aliphatic carbocycles. The minimum absolute atomic E-state index is 0. The molecular formula is C19H32IN3O3S. The number of sulfone groups is 1. The summed E-state index contributed by atoms with van der Waals surface area (Å²) in [5, 5.41) is 6.54. The molecule has 3 atom stereocenters. The van der Waals surface area contributed by atoms with Crippen molar-refractivity contribution < 1.29 is 13.2 Å². The first kappa shape index (κ1) is 24.2. The van der Waals surface area contributed by atoms with E-state index in [1.165, 1.54) is 11.8 Å². The van der Waals surface area contributed by atoms with Gasteiger partial charge in [-0.3, -0.25) is 4.99 Å². The predicted molar refractivity (Wildman–Crippen MR) is 122 cm³/mol. The van der Waals surface area contributed by atoms with Gasteiger partial charge in [0.1, 0.15) is 9.84 Å². The van der Waals surface area contributed by atoms with Crippen molar-refractivity contribution in [2.24, 2.45) is 10.9 Å². The molecule has 3 unspecified atom stereocenters. The van der Waals surface area contributed by atoms with Crippen LogP contribution in [0.4, 0.5) is 0 Å². The van der Waals surface area contributed by atoms with Gasteiger partial charge in [-0.1, -0.05) is 30.3 Å². The van der Waals surface area contributed by atoms with Gasteiger partial charge in [0, 0.05) is 37.9 Å². The third kappa shape index (κ3) is 8.78. The molecular weight excluding hydrogens is 477 g/mol. The fraction of sp³-hybridized carbons (Fsp3) is 0.632. The summed E-state index contributed by atoms with van der Waals surface area (Å²) in [7, 11) is -2.95. The predicted octanol–water partition coefficient (Wildman–Crippen LogP) is 2.76. The first-order valence-electron chi connectivity index (χ1n) is 9.28. The average Bonchev–Trinajstić information content (AvgIpc) is 3.07. The molecule has 1 aromatic carbocycles. The number of guanidine groups is 1. The van der Waals surface area contributed by atoms with Crippen LogP contribution in [0, 0.1) is 5.92 Å². The van der Waals surface area contributed by atoms with Gasteiger partial charge in [0.15, 0.2) is 5.96 Å². The van der Waals surface area contributed by atoms with Crippen LogP contribution in [0.3, 0.4) is 0 Å². The Morgan fingerprint density at radius 2 is 2.04 bits per heavy atom. The standard InChI is InChI=1S/C19H31N3O3S.HI/c1-4-20-19(22-15(2)11-13-26(3,23)24)21-14-17-10-12-25-18(17)16-8-6-5-7-9-16;/h5-9,15,17-18H,4,10-14H2,1-3H3,(H2,20,21,22);1H. The van der Waals surface area contributed by atoms with E-state index in [2.05, 4.69) is 22.8 Å². The topological polar surface area (TPSA) is 79.8 Å². The highest BCUT2D eigenvalue weighted by molar-refractivity contribution is 14.0. The lowest BCUT2D eigenvalue weighted by molar-refractivity contribution is 0.0925. The molecule has 0 radical (unpaired) electrons. The maximum atomic E-state index is 11.3. The Balaban J connectivity index is 0.00000364. The number of hydrogen-bond donors (Lipinski definition) is 2. The van der Waals surface area contributed by atoms with Gasteiger partial charge in [0.25, 0.3) is 0 Å². The third-order valence-electron chi connectivity index (χ3n) is 4.48. The molecule has 6 nitrogen and oxygen atoms in total. The van der Waals surface area contributed by atoms with E-state index >= 15 is 0 Å². The van der Waals surface area contributed by atoms with E-state index in [9.17, 15) is 8.42 Å². The maximum absolute atomic E-state index is 11.3. The van der Waals surface area contributed by atoms with Gasteiger partial charge in [-0.2, -0.15) is 0 Å². The van der Waals surface area contributed by atoms with Crippen LogP contribution in [0.25, 0.3) is 0 Å². The highest BCUT2D eigenvalue weighted by Crippen LogP contribution is 2.34. The molecule has 8 heteroatoms. The Kier molecular flexibility index (Phi) is 10.6. The van der Waals surface area contributed by atoms with Crippen molar-refractivity contribution in [1.29, 1.82) is 0 Å². The Hall–Kier alpha value is -0.870. The van der Waals surface area contributed by atoms with Crippen LogP contribution < -0.4 is 10.6 Å². The molecule has 27 heavy (non-hydrogen) atoms. The molecule has 0 aromatic heterocycles. The van der Waals surface area contributed by atoms with Crippen LogP contribution in [-0.4, -0.2) is 52.1 Å². The van der Waals surface area contributed by atoms with Gasteiger partial charge in [0.2, 0.25) is 0 Å². The van der Waals surface area contributed by atoms with Crippen molar-refractivity contribution in [1.82, 2.24) is 10.6 Å². The van der Waals surface area contributed by atoms with Gasteiger partial charge in [-0.05, 0) is 32.3 Å². The lowest BCUT2D eigenvalue weighted by Gasteiger charge is -2.20. The number of benzene rings is 1. The summed E-state index contributed by atoms with van der Waals surface area (Å²) in [6, 6.07) is 10.3. The minimum Gasteiger partial charge on any atom is -0.373 e. The summed E-state index contributed by atoms with van der Waals surface area (Å²) in [6.07, 6.45) is 2.91. The summed E-state index contributed by atoms with van der Waals surface area (Å²) in [5.41, 5.74) is 1.20. The van der Waals surface area contributed by atoms with Gasteiger partial charge in [-0.15, -0.1) is 24.0 Å². The molecule has 1 fully saturated rings. The summed E-state index contributed by atoms with van der Waals surface area (Å²) < 4.78 is 28.6. The van der Waals surface area contributed by atoms with Crippen LogP contribution in [0.2, 0.25) is 0 Å². The number of nitrogens with zero attached hydrogens (tertiary/aromatic N) is 1. The Bertz CT molecular complexity index is 683. The lowest BCUT2D eigenvalue weighted by atomic mass is 9.95. The van der Waals surface area contributed by atoms with E-state index in [0.29, 0.717) is 18.9 Å². The monoisotopic (exact) mass is 509 g/mol. The Labute approximate surface area is 180 Å². The van der Waals surface area contributed by atoms with E-state index in [1.807, 2.05) is 32.0 Å². The first-order valence-corrected chi connectivity index (χ1v) is 11.3. The highest BCUT2D eigenvalue weighted by atomic mass is 127. The van der Waals surface area contributed by atoms with Crippen LogP contribution in [-0.2, 0) is 14.6 Å². The third-order valence-corrected chi connectivity index (χ3v) is 5.45. The molecule has 1 aliphatic heterocycles. The summed E-state index contributed by atoms with van der Waals surface area (Å²) in [6.45, 7) is 6.18. The quantitative estimate of drug-likeness (QED) is 0.320. The average molecular weight is 509 g/mol. The molecule has 0 amide bonds. The summed E-state index contributed by atoms with van der Waals surface area (Å²) in [5.74, 6) is 1.25. The van der Waals surface area contributed by atoms with E-state index in [0.717, 1.165) is 25.5 Å². The molecule has 0 saturated carbocycles. The molecule has 1 aliphatic rings. The van der Waals surface area contributed by atoms with E-state index < -0.39 is 9.84 Å². The Morgan fingerprint density at radius 3 is 2.67 bits per heavy atom. The normalized spacial score (nSPS) is 21.4. The smallest absolute Gasteiger partial charge is 0.191 e. The molecule has 2 rings (SSSR count). The molecule has 1 saturated heterocycles. The SMILES string of the molecule is CCNC(=NCC1CCOC1c1ccccc1)NC(C)CCS(C)(=O)=O.I. The van der Waals surface area contributed by atoms with Crippen molar-refractivity contribution in [3.8, 4) is 0 Å². The summed E-state index contributed by atoms with van der Waals surface area (Å²) >= 11 is 0. The molecule has 2 N–H and O–H groups in total. The second-order valence-electron chi connectivity index (χ2n) is 6.93. The largest absolute Gasteiger partial charge is 0.373 e. The second kappa shape index (κ2) is 11.9. The molecule has 0 spiro atoms. The Morgan fingerprint density at radius 1 is 1.33 bits per heavy atom. The van der Waals surface area contributed by atoms with Crippen molar-refractivity contribution in [3.63, 3.8) is 0 Å². The van der Waals surface area contributed by atoms with E-state index in [1.54, 1.807) is 0 Å². The zero-order chi connectivity index (χ0) is 19.0. The van der Waals surface area contributed by atoms with Crippen molar-refractivity contribution in [2.75, 3.05) is 31.7 Å². The van der Waals surface area contributed by atoms with Crippen LogP contribution >= 0.6 is 24.0 Å². The first-order chi connectivity index (χ1) is 12.4. The number of nitrogens with one attached hydrogen (secondary N) is 2. The molecule has 1 aromatic rings. The van der Waals surface area contributed by atoms with Crippen molar-refractivity contribution in [3.05, 3.63) is 35.9 Å². The van der Waals surface area contributed by atoms with Gasteiger partial charge >= 0.3 is 0 Å². The van der Waals surface area contributed by atoms with Gasteiger partial charge < -0.3 is 15.4 Å². The summed E-state index contributed by atoms with van der Waals surface area (Å²) in [4.78, 5) is 4.72. The zero-order valence-electron chi connectivity index (χ0n) is 16.3. The molecule has 154 valence electrons. The van der Waals surface area contributed by atoms with Crippen LogP contribution in [0.1, 0.15) is 38.4 Å². The number of aliphatic imine (C=N–C) groups is 1. The number of ether oxygens (including phenoxy) is 1. The van der Waals surface area contributed by atoms with Crippen LogP contribution in [0.15, 0.2) is 35.3 Å². The fourth-order valence-electron chi connectivity index (χ4n) is 3.06. The molecule has 1 heterocycles. The minimum atomic E-state index is -2.95. The number of halogens is 1. The van der Waals surface area contributed by atoms with E-state index in [4.69, 9.17) is 9.73 Å².